The van der Waals surface area contributed by atoms with Crippen molar-refractivity contribution >= 4 is 73.8 Å². The number of nitrogens with zero attached hydrogens (tertiary/aromatic N) is 1. The van der Waals surface area contributed by atoms with Gasteiger partial charge in [-0.05, 0) is 60.3 Å². The number of carbonyl (C=O) groups is 2. The largest absolute Gasteiger partial charge is 0.488 e. The van der Waals surface area contributed by atoms with E-state index in [0.717, 1.165) is 21.8 Å². The fourth-order valence-corrected chi connectivity index (χ4v) is 4.64. The van der Waals surface area contributed by atoms with Crippen molar-refractivity contribution in [3.8, 4) is 5.75 Å². The molecule has 1 fully saturated rings. The first-order valence-electron chi connectivity index (χ1n) is 9.11. The summed E-state index contributed by atoms with van der Waals surface area (Å²) in [7, 11) is 0. The van der Waals surface area contributed by atoms with Crippen LogP contribution in [-0.4, -0.2) is 11.1 Å². The number of amides is 2. The average molecular weight is 535 g/mol. The van der Waals surface area contributed by atoms with Gasteiger partial charge in [0.2, 0.25) is 0 Å². The van der Waals surface area contributed by atoms with Gasteiger partial charge in [0.05, 0.1) is 10.6 Å². The number of thioether (sulfide) groups is 1. The molecular formula is C23H14BrCl2NO3S. The Morgan fingerprint density at radius 1 is 1.00 bits per heavy atom. The lowest BCUT2D eigenvalue weighted by atomic mass is 10.1. The van der Waals surface area contributed by atoms with Crippen LogP contribution in [0.15, 0.2) is 76.1 Å². The lowest BCUT2D eigenvalue weighted by Gasteiger charge is -2.12. The van der Waals surface area contributed by atoms with Gasteiger partial charge in [-0.15, -0.1) is 0 Å². The highest BCUT2D eigenvalue weighted by Gasteiger charge is 2.36. The van der Waals surface area contributed by atoms with Crippen LogP contribution >= 0.6 is 50.9 Å². The predicted octanol–water partition coefficient (Wildman–Crippen LogP) is 7.58. The molecule has 0 aromatic heterocycles. The van der Waals surface area contributed by atoms with Gasteiger partial charge in [-0.1, -0.05) is 63.4 Å². The Hall–Kier alpha value is -2.25. The molecule has 1 heterocycles. The quantitative estimate of drug-likeness (QED) is 0.316. The third-order valence-corrected chi connectivity index (χ3v) is 6.41. The number of carbonyl (C=O) groups excluding carboxylic acids is 2. The molecule has 1 aliphatic heterocycles. The van der Waals surface area contributed by atoms with Crippen molar-refractivity contribution in [2.45, 2.75) is 6.61 Å². The summed E-state index contributed by atoms with van der Waals surface area (Å²) in [4.78, 5) is 26.9. The molecule has 0 radical (unpaired) electrons. The zero-order chi connectivity index (χ0) is 22.0. The SMILES string of the molecule is O=C1S/C(=C/c2cc(Br)ccc2OCc2ccc(Cl)cc2Cl)C(=O)N1c1ccccc1. The number of hydrogen-bond acceptors (Lipinski definition) is 4. The molecule has 31 heavy (non-hydrogen) atoms. The van der Waals surface area contributed by atoms with Crippen LogP contribution in [-0.2, 0) is 11.4 Å². The standard InChI is InChI=1S/C23H14BrCl2NO3S/c24-16-7-9-20(30-13-14-6-8-17(25)12-19(14)26)15(10-16)11-21-22(28)27(23(29)31-21)18-4-2-1-3-5-18/h1-12H,13H2/b21-11+. The maximum atomic E-state index is 12.9. The summed E-state index contributed by atoms with van der Waals surface area (Å²) in [5, 5.41) is 0.718. The molecule has 2 amide bonds. The zero-order valence-corrected chi connectivity index (χ0v) is 19.8. The minimum Gasteiger partial charge on any atom is -0.488 e. The highest BCUT2D eigenvalue weighted by atomic mass is 79.9. The second-order valence-electron chi connectivity index (χ2n) is 6.56. The van der Waals surface area contributed by atoms with Crippen LogP contribution in [0.25, 0.3) is 6.08 Å². The Balaban J connectivity index is 1.61. The van der Waals surface area contributed by atoms with Crippen molar-refractivity contribution in [1.82, 2.24) is 0 Å². The van der Waals surface area contributed by atoms with E-state index in [2.05, 4.69) is 15.9 Å². The van der Waals surface area contributed by atoms with Gasteiger partial charge in [0.15, 0.2) is 0 Å². The van der Waals surface area contributed by atoms with Crippen LogP contribution in [0.5, 0.6) is 5.75 Å². The molecule has 156 valence electrons. The maximum absolute atomic E-state index is 12.9. The molecule has 0 saturated carbocycles. The zero-order valence-electron chi connectivity index (χ0n) is 15.8. The van der Waals surface area contributed by atoms with Crippen LogP contribution < -0.4 is 9.64 Å². The Kier molecular flexibility index (Phi) is 6.72. The molecule has 0 atom stereocenters. The van der Waals surface area contributed by atoms with Crippen LogP contribution in [0.4, 0.5) is 10.5 Å². The Morgan fingerprint density at radius 3 is 2.52 bits per heavy atom. The summed E-state index contributed by atoms with van der Waals surface area (Å²) in [6.07, 6.45) is 1.66. The summed E-state index contributed by atoms with van der Waals surface area (Å²) in [5.41, 5.74) is 1.99. The Labute approximate surface area is 201 Å². The highest BCUT2D eigenvalue weighted by molar-refractivity contribution is 9.10. The first-order valence-corrected chi connectivity index (χ1v) is 11.5. The summed E-state index contributed by atoms with van der Waals surface area (Å²) >= 11 is 16.5. The second-order valence-corrected chi connectivity index (χ2v) is 9.31. The van der Waals surface area contributed by atoms with Gasteiger partial charge in [-0.3, -0.25) is 9.59 Å². The minimum absolute atomic E-state index is 0.226. The molecule has 1 saturated heterocycles. The predicted molar refractivity (Wildman–Crippen MR) is 130 cm³/mol. The molecule has 0 spiro atoms. The van der Waals surface area contributed by atoms with Gasteiger partial charge in [-0.2, -0.15) is 0 Å². The summed E-state index contributed by atoms with van der Waals surface area (Å²) in [6.45, 7) is 0.226. The molecule has 0 N–H and O–H groups in total. The number of hydrogen-bond donors (Lipinski definition) is 0. The lowest BCUT2D eigenvalue weighted by molar-refractivity contribution is -0.113. The van der Waals surface area contributed by atoms with Gasteiger partial charge in [0.25, 0.3) is 11.1 Å². The van der Waals surface area contributed by atoms with E-state index in [-0.39, 0.29) is 17.8 Å². The van der Waals surface area contributed by atoms with Crippen molar-refractivity contribution in [3.63, 3.8) is 0 Å². The minimum atomic E-state index is -0.368. The number of para-hydroxylation sites is 1. The summed E-state index contributed by atoms with van der Waals surface area (Å²) in [5.74, 6) is 0.189. The monoisotopic (exact) mass is 533 g/mol. The molecule has 0 aliphatic carbocycles. The van der Waals surface area contributed by atoms with Crippen molar-refractivity contribution in [1.29, 1.82) is 0 Å². The third-order valence-electron chi connectivity index (χ3n) is 4.46. The number of benzene rings is 3. The maximum Gasteiger partial charge on any atom is 0.298 e. The van der Waals surface area contributed by atoms with Gasteiger partial charge in [0.1, 0.15) is 12.4 Å². The van der Waals surface area contributed by atoms with Gasteiger partial charge in [-0.25, -0.2) is 4.90 Å². The highest BCUT2D eigenvalue weighted by Crippen LogP contribution is 2.37. The molecule has 0 bridgehead atoms. The smallest absolute Gasteiger partial charge is 0.298 e. The van der Waals surface area contributed by atoms with E-state index in [9.17, 15) is 9.59 Å². The molecule has 3 aromatic rings. The van der Waals surface area contributed by atoms with Crippen LogP contribution in [0.1, 0.15) is 11.1 Å². The van der Waals surface area contributed by atoms with Crippen LogP contribution in [0, 0.1) is 0 Å². The second kappa shape index (κ2) is 9.49. The van der Waals surface area contributed by atoms with Gasteiger partial charge < -0.3 is 4.74 Å². The first kappa shape index (κ1) is 22.0. The summed E-state index contributed by atoms with van der Waals surface area (Å²) < 4.78 is 6.79. The van der Waals surface area contributed by atoms with E-state index in [0.29, 0.717) is 32.0 Å². The molecule has 1 aliphatic rings. The van der Waals surface area contributed by atoms with Crippen LogP contribution in [0.2, 0.25) is 10.0 Å². The summed E-state index contributed by atoms with van der Waals surface area (Å²) in [6, 6.07) is 19.5. The number of halogens is 3. The van der Waals surface area contributed by atoms with Crippen molar-refractivity contribution in [2.24, 2.45) is 0 Å². The van der Waals surface area contributed by atoms with E-state index in [1.54, 1.807) is 54.6 Å². The number of rotatable bonds is 5. The number of anilines is 1. The van der Waals surface area contributed by atoms with Gasteiger partial charge in [0, 0.05) is 25.6 Å². The van der Waals surface area contributed by atoms with Crippen molar-refractivity contribution in [3.05, 3.63) is 97.3 Å². The fourth-order valence-electron chi connectivity index (χ4n) is 2.97. The molecule has 3 aromatic carbocycles. The molecule has 8 heteroatoms. The van der Waals surface area contributed by atoms with E-state index < -0.39 is 0 Å². The first-order chi connectivity index (χ1) is 14.9. The molecule has 0 unspecified atom stereocenters. The van der Waals surface area contributed by atoms with E-state index in [1.807, 2.05) is 18.2 Å². The van der Waals surface area contributed by atoms with Gasteiger partial charge >= 0.3 is 0 Å². The number of ether oxygens (including phenoxy) is 1. The number of imide groups is 1. The third kappa shape index (κ3) is 4.99. The van der Waals surface area contributed by atoms with Crippen molar-refractivity contribution in [2.75, 3.05) is 4.90 Å². The van der Waals surface area contributed by atoms with E-state index in [1.165, 1.54) is 4.90 Å². The fraction of sp³-hybridized carbons (Fsp3) is 0.0435. The van der Waals surface area contributed by atoms with Crippen molar-refractivity contribution < 1.29 is 14.3 Å². The molecular weight excluding hydrogens is 521 g/mol. The lowest BCUT2D eigenvalue weighted by Crippen LogP contribution is -2.27. The van der Waals surface area contributed by atoms with E-state index >= 15 is 0 Å². The van der Waals surface area contributed by atoms with Crippen LogP contribution in [0.3, 0.4) is 0 Å². The normalized spacial score (nSPS) is 15.1. The van der Waals surface area contributed by atoms with E-state index in [4.69, 9.17) is 27.9 Å². The molecule has 4 nitrogen and oxygen atoms in total. The Morgan fingerprint density at radius 2 is 1.77 bits per heavy atom. The Bertz CT molecular complexity index is 1200. The molecule has 4 rings (SSSR count). The topological polar surface area (TPSA) is 46.6 Å². The average Bonchev–Trinajstić information content (AvgIpc) is 3.02.